The van der Waals surface area contributed by atoms with Gasteiger partial charge in [0.15, 0.2) is 5.82 Å². The summed E-state index contributed by atoms with van der Waals surface area (Å²) in [4.78, 5) is 4.80. The van der Waals surface area contributed by atoms with Gasteiger partial charge in [-0.25, -0.2) is 0 Å². The van der Waals surface area contributed by atoms with Crippen molar-refractivity contribution in [2.24, 2.45) is 29.4 Å². The molecular formula is C16H23N3O. The van der Waals surface area contributed by atoms with E-state index in [0.29, 0.717) is 23.7 Å². The van der Waals surface area contributed by atoms with E-state index in [2.05, 4.69) is 5.16 Å². The molecule has 7 atom stereocenters. The number of hydrogen-bond donors (Lipinski definition) is 1. The zero-order valence-electron chi connectivity index (χ0n) is 11.9. The van der Waals surface area contributed by atoms with Crippen LogP contribution in [0.25, 0.3) is 0 Å². The number of aromatic nitrogens is 2. The smallest absolute Gasteiger partial charge is 0.231 e. The summed E-state index contributed by atoms with van der Waals surface area (Å²) in [5.41, 5.74) is 6.39. The van der Waals surface area contributed by atoms with Crippen LogP contribution >= 0.6 is 0 Å². The van der Waals surface area contributed by atoms with E-state index in [-0.39, 0.29) is 6.04 Å². The lowest BCUT2D eigenvalue weighted by atomic mass is 9.84. The van der Waals surface area contributed by atoms with Crippen molar-refractivity contribution in [3.05, 3.63) is 11.7 Å². The monoisotopic (exact) mass is 273 g/mol. The first-order valence-corrected chi connectivity index (χ1v) is 8.38. The van der Waals surface area contributed by atoms with Gasteiger partial charge in [0.1, 0.15) is 0 Å². The highest BCUT2D eigenvalue weighted by molar-refractivity contribution is 5.14. The summed E-state index contributed by atoms with van der Waals surface area (Å²) in [6, 6.07) is 0.252. The fourth-order valence-corrected chi connectivity index (χ4v) is 5.80. The Kier molecular flexibility index (Phi) is 2.38. The fraction of sp³-hybridized carbons (Fsp3) is 0.875. The average Bonchev–Trinajstić information content (AvgIpc) is 3.24. The van der Waals surface area contributed by atoms with Gasteiger partial charge in [-0.15, -0.1) is 0 Å². The molecule has 20 heavy (non-hydrogen) atoms. The molecule has 5 rings (SSSR count). The second-order valence-electron chi connectivity index (χ2n) is 7.71. The zero-order chi connectivity index (χ0) is 13.3. The van der Waals surface area contributed by atoms with Gasteiger partial charge in [0, 0.05) is 12.0 Å². The van der Waals surface area contributed by atoms with E-state index < -0.39 is 0 Å². The first-order valence-electron chi connectivity index (χ1n) is 8.38. The number of nitrogens with zero attached hydrogens (tertiary/aromatic N) is 2. The molecule has 0 aliphatic heterocycles. The first kappa shape index (κ1) is 11.7. The quantitative estimate of drug-likeness (QED) is 0.900. The van der Waals surface area contributed by atoms with Crippen molar-refractivity contribution in [2.75, 3.05) is 0 Å². The van der Waals surface area contributed by atoms with Crippen LogP contribution in [0.5, 0.6) is 0 Å². The van der Waals surface area contributed by atoms with Gasteiger partial charge < -0.3 is 10.3 Å². The summed E-state index contributed by atoms with van der Waals surface area (Å²) >= 11 is 0. The van der Waals surface area contributed by atoms with Crippen molar-refractivity contribution in [1.29, 1.82) is 0 Å². The van der Waals surface area contributed by atoms with Crippen LogP contribution in [0.1, 0.15) is 68.5 Å². The van der Waals surface area contributed by atoms with E-state index in [1.54, 1.807) is 0 Å². The van der Waals surface area contributed by atoms with E-state index in [9.17, 15) is 0 Å². The Morgan fingerprint density at radius 2 is 1.80 bits per heavy atom. The van der Waals surface area contributed by atoms with E-state index in [0.717, 1.165) is 23.6 Å². The molecule has 1 heterocycles. The van der Waals surface area contributed by atoms with Crippen LogP contribution in [-0.2, 0) is 0 Å². The highest BCUT2D eigenvalue weighted by Crippen LogP contribution is 2.54. The summed E-state index contributed by atoms with van der Waals surface area (Å²) in [5.74, 6) is 5.89. The van der Waals surface area contributed by atoms with Crippen LogP contribution in [0.3, 0.4) is 0 Å². The van der Waals surface area contributed by atoms with Gasteiger partial charge in [-0.2, -0.15) is 4.98 Å². The third-order valence-electron chi connectivity index (χ3n) is 6.79. The van der Waals surface area contributed by atoms with Crippen LogP contribution < -0.4 is 5.73 Å². The van der Waals surface area contributed by atoms with Gasteiger partial charge in [-0.1, -0.05) is 11.6 Å². The molecule has 0 saturated heterocycles. The standard InChI is InChI=1S/C16H23N3O/c17-14-11-4-3-10(7-11)13(14)16-18-15(19-20-16)12-6-8-1-2-9(12)5-8/h8-14H,1-7,17H2. The molecule has 4 aliphatic carbocycles. The molecule has 4 heteroatoms. The minimum atomic E-state index is 0.252. The summed E-state index contributed by atoms with van der Waals surface area (Å²) in [7, 11) is 0. The Morgan fingerprint density at radius 3 is 2.50 bits per heavy atom. The van der Waals surface area contributed by atoms with Gasteiger partial charge >= 0.3 is 0 Å². The Labute approximate surface area is 119 Å². The van der Waals surface area contributed by atoms with Crippen LogP contribution in [0.4, 0.5) is 0 Å². The maximum Gasteiger partial charge on any atom is 0.231 e. The zero-order valence-corrected chi connectivity index (χ0v) is 11.9. The van der Waals surface area contributed by atoms with Crippen molar-refractivity contribution in [2.45, 2.75) is 62.8 Å². The highest BCUT2D eigenvalue weighted by atomic mass is 16.5. The first-order chi connectivity index (χ1) is 9.79. The Morgan fingerprint density at radius 1 is 0.950 bits per heavy atom. The maximum absolute atomic E-state index is 6.39. The largest absolute Gasteiger partial charge is 0.339 e. The van der Waals surface area contributed by atoms with Crippen molar-refractivity contribution in [3.8, 4) is 0 Å². The maximum atomic E-state index is 6.39. The molecule has 1 aromatic rings. The minimum absolute atomic E-state index is 0.252. The van der Waals surface area contributed by atoms with E-state index in [4.69, 9.17) is 15.2 Å². The molecule has 4 fully saturated rings. The third-order valence-corrected chi connectivity index (χ3v) is 6.79. The van der Waals surface area contributed by atoms with E-state index in [1.165, 1.54) is 44.9 Å². The van der Waals surface area contributed by atoms with Gasteiger partial charge in [0.05, 0.1) is 5.92 Å². The molecule has 1 aromatic heterocycles. The van der Waals surface area contributed by atoms with Gasteiger partial charge in [0.25, 0.3) is 0 Å². The molecule has 0 spiro atoms. The lowest BCUT2D eigenvalue weighted by molar-refractivity contribution is 0.276. The topological polar surface area (TPSA) is 64.9 Å². The van der Waals surface area contributed by atoms with Gasteiger partial charge in [-0.05, 0) is 62.2 Å². The highest BCUT2D eigenvalue weighted by Gasteiger charge is 2.49. The number of hydrogen-bond acceptors (Lipinski definition) is 4. The molecule has 108 valence electrons. The molecule has 0 radical (unpaired) electrons. The predicted molar refractivity (Wildman–Crippen MR) is 74.0 cm³/mol. The van der Waals surface area contributed by atoms with Crippen LogP contribution in [0.15, 0.2) is 4.52 Å². The summed E-state index contributed by atoms with van der Waals surface area (Å²) in [5, 5.41) is 4.34. The Hall–Kier alpha value is -0.900. The Bertz CT molecular complexity index is 526. The summed E-state index contributed by atoms with van der Waals surface area (Å²) < 4.78 is 5.65. The molecule has 0 amide bonds. The lowest BCUT2D eigenvalue weighted by Gasteiger charge is -2.24. The second kappa shape index (κ2) is 4.06. The van der Waals surface area contributed by atoms with Crippen molar-refractivity contribution in [1.82, 2.24) is 10.1 Å². The number of rotatable bonds is 2. The molecule has 4 aliphatic rings. The van der Waals surface area contributed by atoms with Crippen LogP contribution in [0, 0.1) is 23.7 Å². The van der Waals surface area contributed by atoms with Crippen molar-refractivity contribution < 1.29 is 4.52 Å². The average molecular weight is 273 g/mol. The molecule has 7 unspecified atom stereocenters. The molecule has 0 aromatic carbocycles. The second-order valence-corrected chi connectivity index (χ2v) is 7.71. The fourth-order valence-electron chi connectivity index (χ4n) is 5.80. The molecule has 4 bridgehead atoms. The summed E-state index contributed by atoms with van der Waals surface area (Å²) in [6.45, 7) is 0. The molecule has 4 nitrogen and oxygen atoms in total. The van der Waals surface area contributed by atoms with Crippen molar-refractivity contribution >= 4 is 0 Å². The predicted octanol–water partition coefficient (Wildman–Crippen LogP) is 2.81. The molecule has 4 saturated carbocycles. The lowest BCUT2D eigenvalue weighted by Crippen LogP contribution is -2.34. The number of nitrogens with two attached hydrogens (primary N) is 1. The van der Waals surface area contributed by atoms with Crippen LogP contribution in [-0.4, -0.2) is 16.2 Å². The molecular weight excluding hydrogens is 250 g/mol. The SMILES string of the molecule is NC1C2CCC(C2)C1c1nc(C2CC3CCC2C3)no1. The third kappa shape index (κ3) is 1.51. The van der Waals surface area contributed by atoms with Crippen LogP contribution in [0.2, 0.25) is 0 Å². The van der Waals surface area contributed by atoms with E-state index in [1.807, 2.05) is 0 Å². The van der Waals surface area contributed by atoms with Crippen molar-refractivity contribution in [3.63, 3.8) is 0 Å². The summed E-state index contributed by atoms with van der Waals surface area (Å²) in [6.07, 6.45) is 9.34. The van der Waals surface area contributed by atoms with Gasteiger partial charge in [0.2, 0.25) is 5.89 Å². The van der Waals surface area contributed by atoms with Gasteiger partial charge in [-0.3, -0.25) is 0 Å². The molecule has 2 N–H and O–H groups in total. The number of fused-ring (bicyclic) bond motifs is 4. The normalized spacial score (nSPS) is 49.4. The Balaban J connectivity index is 1.41. The van der Waals surface area contributed by atoms with E-state index >= 15 is 0 Å². The minimum Gasteiger partial charge on any atom is -0.339 e.